The first-order valence-electron chi connectivity index (χ1n) is 7.55. The summed E-state index contributed by atoms with van der Waals surface area (Å²) in [7, 11) is 0. The third-order valence-corrected chi connectivity index (χ3v) is 3.71. The Morgan fingerprint density at radius 1 is 1.25 bits per heavy atom. The van der Waals surface area contributed by atoms with Gasteiger partial charge in [-0.05, 0) is 42.3 Å². The van der Waals surface area contributed by atoms with E-state index in [9.17, 15) is 14.4 Å². The second kappa shape index (κ2) is 6.95. The second-order valence-corrected chi connectivity index (χ2v) is 5.55. The predicted octanol–water partition coefficient (Wildman–Crippen LogP) is 2.14. The van der Waals surface area contributed by atoms with E-state index in [1.165, 1.54) is 12.3 Å². The van der Waals surface area contributed by atoms with Gasteiger partial charge in [0.1, 0.15) is 5.76 Å². The molecule has 1 aromatic heterocycles. The van der Waals surface area contributed by atoms with Crippen LogP contribution < -0.4 is 10.6 Å². The lowest BCUT2D eigenvalue weighted by Crippen LogP contribution is -2.22. The largest absolute Gasteiger partial charge is 0.465 e. The summed E-state index contributed by atoms with van der Waals surface area (Å²) in [6, 6.07) is 10.7. The normalized spacial score (nSPS) is 17.2. The number of amides is 3. The van der Waals surface area contributed by atoms with Gasteiger partial charge in [0.15, 0.2) is 0 Å². The average Bonchev–Trinajstić information content (AvgIpc) is 3.17. The zero-order valence-electron chi connectivity index (χ0n) is 12.8. The molecule has 2 heterocycles. The lowest BCUT2D eigenvalue weighted by molar-refractivity contribution is -0.125. The van der Waals surface area contributed by atoms with E-state index in [-0.39, 0.29) is 30.1 Å². The molecule has 0 radical (unpaired) electrons. The van der Waals surface area contributed by atoms with Crippen molar-refractivity contribution < 1.29 is 18.8 Å². The van der Waals surface area contributed by atoms with Gasteiger partial charge in [0.05, 0.1) is 12.2 Å². The van der Waals surface area contributed by atoms with E-state index in [2.05, 4.69) is 10.6 Å². The van der Waals surface area contributed by atoms with Gasteiger partial charge in [-0.15, -0.1) is 0 Å². The minimum absolute atomic E-state index is 0.222. The van der Waals surface area contributed by atoms with Gasteiger partial charge in [0.25, 0.3) is 0 Å². The molecular weight excluding hydrogens is 308 g/mol. The standard InChI is InChI=1S/C18H16N2O4/c21-16(8-7-15-2-1-9-24-15)19-14-5-3-12(4-6-14)10-13-11-17(22)20-18(13)23/h1-9,13H,10-11H2,(H,19,21)(H,20,22,23)/b8-7+. The lowest BCUT2D eigenvalue weighted by atomic mass is 9.98. The molecule has 1 saturated heterocycles. The molecule has 0 spiro atoms. The zero-order valence-corrected chi connectivity index (χ0v) is 12.8. The molecule has 2 aromatic rings. The van der Waals surface area contributed by atoms with E-state index in [1.54, 1.807) is 30.3 Å². The molecule has 6 nitrogen and oxygen atoms in total. The van der Waals surface area contributed by atoms with Crippen LogP contribution in [0.15, 0.2) is 53.2 Å². The second-order valence-electron chi connectivity index (χ2n) is 5.55. The van der Waals surface area contributed by atoms with E-state index >= 15 is 0 Å². The number of nitrogens with one attached hydrogen (secondary N) is 2. The highest BCUT2D eigenvalue weighted by atomic mass is 16.3. The van der Waals surface area contributed by atoms with E-state index in [1.807, 2.05) is 12.1 Å². The topological polar surface area (TPSA) is 88.4 Å². The Morgan fingerprint density at radius 2 is 2.04 bits per heavy atom. The van der Waals surface area contributed by atoms with Crippen LogP contribution >= 0.6 is 0 Å². The molecule has 1 aromatic carbocycles. The van der Waals surface area contributed by atoms with E-state index in [0.717, 1.165) is 5.56 Å². The highest BCUT2D eigenvalue weighted by Gasteiger charge is 2.30. The van der Waals surface area contributed by atoms with Crippen LogP contribution in [0.4, 0.5) is 5.69 Å². The van der Waals surface area contributed by atoms with Gasteiger partial charge in [0, 0.05) is 18.2 Å². The van der Waals surface area contributed by atoms with E-state index in [4.69, 9.17) is 4.42 Å². The first-order chi connectivity index (χ1) is 11.6. The first-order valence-corrected chi connectivity index (χ1v) is 7.55. The first kappa shape index (κ1) is 15.7. The van der Waals surface area contributed by atoms with Crippen LogP contribution in [0, 0.1) is 5.92 Å². The molecule has 1 atom stereocenters. The summed E-state index contributed by atoms with van der Waals surface area (Å²) in [5.74, 6) is -0.420. The van der Waals surface area contributed by atoms with E-state index < -0.39 is 0 Å². The SMILES string of the molecule is O=C(/C=C/c1ccco1)Nc1ccc(CC2CC(=O)NC2=O)cc1. The third-order valence-electron chi connectivity index (χ3n) is 3.71. The number of furan rings is 1. The summed E-state index contributed by atoms with van der Waals surface area (Å²) < 4.78 is 5.11. The number of rotatable bonds is 5. The van der Waals surface area contributed by atoms with Gasteiger partial charge in [-0.1, -0.05) is 12.1 Å². The summed E-state index contributed by atoms with van der Waals surface area (Å²) in [6.07, 6.45) is 5.24. The van der Waals surface area contributed by atoms with Crippen LogP contribution in [0.25, 0.3) is 6.08 Å². The third kappa shape index (κ3) is 3.98. The van der Waals surface area contributed by atoms with Crippen LogP contribution in [0.2, 0.25) is 0 Å². The van der Waals surface area contributed by atoms with Crippen molar-refractivity contribution in [1.82, 2.24) is 5.32 Å². The zero-order chi connectivity index (χ0) is 16.9. The molecule has 24 heavy (non-hydrogen) atoms. The minimum Gasteiger partial charge on any atom is -0.465 e. The van der Waals surface area contributed by atoms with Gasteiger partial charge >= 0.3 is 0 Å². The minimum atomic E-state index is -0.311. The maximum Gasteiger partial charge on any atom is 0.248 e. The monoisotopic (exact) mass is 324 g/mol. The number of anilines is 1. The molecule has 1 fully saturated rings. The fraction of sp³-hybridized carbons (Fsp3) is 0.167. The Hall–Kier alpha value is -3.15. The molecular formula is C18H16N2O4. The summed E-state index contributed by atoms with van der Waals surface area (Å²) in [5, 5.41) is 5.04. The smallest absolute Gasteiger partial charge is 0.248 e. The molecule has 1 aliphatic heterocycles. The average molecular weight is 324 g/mol. The van der Waals surface area contributed by atoms with Crippen LogP contribution in [-0.2, 0) is 20.8 Å². The molecule has 1 aliphatic rings. The molecule has 122 valence electrons. The quantitative estimate of drug-likeness (QED) is 0.651. The van der Waals surface area contributed by atoms with Crippen molar-refractivity contribution in [2.45, 2.75) is 12.8 Å². The summed E-state index contributed by atoms with van der Waals surface area (Å²) in [5.41, 5.74) is 1.59. The molecule has 0 bridgehead atoms. The molecule has 1 unspecified atom stereocenters. The Kier molecular flexibility index (Phi) is 4.56. The van der Waals surface area contributed by atoms with Gasteiger partial charge in [0.2, 0.25) is 17.7 Å². The Labute approximate surface area is 138 Å². The van der Waals surface area contributed by atoms with Crippen molar-refractivity contribution >= 4 is 29.5 Å². The van der Waals surface area contributed by atoms with Crippen LogP contribution in [0.5, 0.6) is 0 Å². The summed E-state index contributed by atoms with van der Waals surface area (Å²) >= 11 is 0. The van der Waals surface area contributed by atoms with E-state index in [0.29, 0.717) is 17.9 Å². The van der Waals surface area contributed by atoms with Gasteiger partial charge in [-0.3, -0.25) is 19.7 Å². The van der Waals surface area contributed by atoms with Crippen LogP contribution in [-0.4, -0.2) is 17.7 Å². The number of carbonyl (C=O) groups excluding carboxylic acids is 3. The van der Waals surface area contributed by atoms with Gasteiger partial charge < -0.3 is 9.73 Å². The Balaban J connectivity index is 1.55. The van der Waals surface area contributed by atoms with Crippen molar-refractivity contribution in [3.8, 4) is 0 Å². The van der Waals surface area contributed by atoms with Gasteiger partial charge in [-0.25, -0.2) is 0 Å². The number of hydrogen-bond donors (Lipinski definition) is 2. The maximum absolute atomic E-state index is 11.8. The predicted molar refractivity (Wildman–Crippen MR) is 87.8 cm³/mol. The number of imide groups is 1. The van der Waals surface area contributed by atoms with Crippen LogP contribution in [0.3, 0.4) is 0 Å². The highest BCUT2D eigenvalue weighted by Crippen LogP contribution is 2.19. The van der Waals surface area contributed by atoms with Crippen LogP contribution in [0.1, 0.15) is 17.7 Å². The Bertz CT molecular complexity index is 776. The van der Waals surface area contributed by atoms with Crippen molar-refractivity contribution in [3.63, 3.8) is 0 Å². The number of hydrogen-bond acceptors (Lipinski definition) is 4. The molecule has 3 amide bonds. The molecule has 0 saturated carbocycles. The van der Waals surface area contributed by atoms with Crippen molar-refractivity contribution in [2.24, 2.45) is 5.92 Å². The van der Waals surface area contributed by atoms with Crippen molar-refractivity contribution in [3.05, 3.63) is 60.1 Å². The highest BCUT2D eigenvalue weighted by molar-refractivity contribution is 6.03. The Morgan fingerprint density at radius 3 is 2.67 bits per heavy atom. The molecule has 6 heteroatoms. The number of benzene rings is 1. The lowest BCUT2D eigenvalue weighted by Gasteiger charge is -2.07. The fourth-order valence-corrected chi connectivity index (χ4v) is 2.51. The van der Waals surface area contributed by atoms with Crippen molar-refractivity contribution in [1.29, 1.82) is 0 Å². The molecule has 3 rings (SSSR count). The maximum atomic E-state index is 11.8. The molecule has 2 N–H and O–H groups in total. The molecule has 0 aliphatic carbocycles. The summed E-state index contributed by atoms with van der Waals surface area (Å²) in [6.45, 7) is 0. The fourth-order valence-electron chi connectivity index (χ4n) is 2.51. The van der Waals surface area contributed by atoms with Gasteiger partial charge in [-0.2, -0.15) is 0 Å². The summed E-state index contributed by atoms with van der Waals surface area (Å²) in [4.78, 5) is 34.6. The van der Waals surface area contributed by atoms with Crippen molar-refractivity contribution in [2.75, 3.05) is 5.32 Å². The number of carbonyl (C=O) groups is 3.